The zero-order chi connectivity index (χ0) is 11.1. The highest BCUT2D eigenvalue weighted by Crippen LogP contribution is 2.38. The van der Waals surface area contributed by atoms with Crippen molar-refractivity contribution in [2.24, 2.45) is 0 Å². The summed E-state index contributed by atoms with van der Waals surface area (Å²) < 4.78 is 0. The van der Waals surface area contributed by atoms with E-state index in [0.29, 0.717) is 0 Å². The number of thiazole rings is 1. The van der Waals surface area contributed by atoms with E-state index in [-0.39, 0.29) is 0 Å². The second-order valence-corrected chi connectivity index (χ2v) is 6.14. The van der Waals surface area contributed by atoms with Gasteiger partial charge in [-0.2, -0.15) is 0 Å². The van der Waals surface area contributed by atoms with Crippen molar-refractivity contribution >= 4 is 11.3 Å². The van der Waals surface area contributed by atoms with Crippen LogP contribution in [0.25, 0.3) is 0 Å². The monoisotopic (exact) mass is 234 g/mol. The number of fused-ring (bicyclic) bond motifs is 2. The van der Waals surface area contributed by atoms with Crippen molar-refractivity contribution in [3.63, 3.8) is 0 Å². The van der Waals surface area contributed by atoms with Gasteiger partial charge in [-0.15, -0.1) is 11.3 Å². The maximum absolute atomic E-state index is 4.57. The summed E-state index contributed by atoms with van der Waals surface area (Å²) >= 11 is 1.76. The fourth-order valence-corrected chi connectivity index (χ4v) is 3.73. The lowest BCUT2D eigenvalue weighted by atomic mass is 9.98. The van der Waals surface area contributed by atoms with E-state index in [1.807, 2.05) is 0 Å². The van der Waals surface area contributed by atoms with Crippen molar-refractivity contribution in [3.05, 3.63) is 28.2 Å². The van der Waals surface area contributed by atoms with E-state index >= 15 is 0 Å². The lowest BCUT2D eigenvalue weighted by molar-refractivity contribution is 0.156. The Hall–Kier alpha value is -0.670. The van der Waals surface area contributed by atoms with Gasteiger partial charge in [0, 0.05) is 24.0 Å². The summed E-state index contributed by atoms with van der Waals surface area (Å²) in [5, 5.41) is 3.39. The number of hydrogen-bond acceptors (Lipinski definition) is 3. The third-order valence-electron chi connectivity index (χ3n) is 3.83. The Morgan fingerprint density at radius 1 is 1.44 bits per heavy atom. The van der Waals surface area contributed by atoms with E-state index in [4.69, 9.17) is 0 Å². The fourth-order valence-electron chi connectivity index (χ4n) is 3.13. The molecule has 2 aliphatic heterocycles. The zero-order valence-electron chi connectivity index (χ0n) is 9.78. The van der Waals surface area contributed by atoms with Gasteiger partial charge in [0.05, 0.1) is 10.7 Å². The van der Waals surface area contributed by atoms with Crippen LogP contribution in [0.4, 0.5) is 0 Å². The van der Waals surface area contributed by atoms with Crippen LogP contribution in [0.15, 0.2) is 17.5 Å². The van der Waals surface area contributed by atoms with Gasteiger partial charge in [-0.1, -0.05) is 12.2 Å². The third kappa shape index (κ3) is 1.82. The number of piperidine rings is 1. The van der Waals surface area contributed by atoms with Crippen molar-refractivity contribution in [1.82, 2.24) is 9.88 Å². The van der Waals surface area contributed by atoms with Crippen molar-refractivity contribution in [2.45, 2.75) is 51.2 Å². The van der Waals surface area contributed by atoms with Crippen LogP contribution >= 0.6 is 11.3 Å². The molecule has 16 heavy (non-hydrogen) atoms. The summed E-state index contributed by atoms with van der Waals surface area (Å²) in [7, 11) is 0. The number of nitrogens with zero attached hydrogens (tertiary/aromatic N) is 2. The highest BCUT2D eigenvalue weighted by atomic mass is 32.1. The molecule has 86 valence electrons. The van der Waals surface area contributed by atoms with Gasteiger partial charge >= 0.3 is 0 Å². The molecule has 1 aromatic heterocycles. The molecule has 3 heterocycles. The Balaban J connectivity index is 1.74. The summed E-state index contributed by atoms with van der Waals surface area (Å²) in [6, 6.07) is 1.49. The highest BCUT2D eigenvalue weighted by Gasteiger charge is 2.37. The van der Waals surface area contributed by atoms with Crippen molar-refractivity contribution < 1.29 is 0 Å². The molecule has 0 amide bonds. The molecule has 0 radical (unpaired) electrons. The average Bonchev–Trinajstić information content (AvgIpc) is 2.72. The number of hydrogen-bond donors (Lipinski definition) is 0. The fraction of sp³-hybridized carbons (Fsp3) is 0.615. The van der Waals surface area contributed by atoms with E-state index in [1.165, 1.54) is 42.0 Å². The first kappa shape index (κ1) is 10.5. The largest absolute Gasteiger partial charge is 0.291 e. The number of aromatic nitrogens is 1. The summed E-state index contributed by atoms with van der Waals surface area (Å²) in [6.07, 6.45) is 5.12. The molecule has 2 aliphatic rings. The van der Waals surface area contributed by atoms with Crippen LogP contribution in [-0.4, -0.2) is 22.0 Å². The van der Waals surface area contributed by atoms with Crippen LogP contribution in [0.3, 0.4) is 0 Å². The van der Waals surface area contributed by atoms with Crippen LogP contribution in [0.2, 0.25) is 0 Å². The smallest absolute Gasteiger partial charge is 0.0897 e. The van der Waals surface area contributed by atoms with Crippen molar-refractivity contribution in [1.29, 1.82) is 0 Å². The third-order valence-corrected chi connectivity index (χ3v) is 4.65. The van der Waals surface area contributed by atoms with Gasteiger partial charge in [0.15, 0.2) is 0 Å². The summed E-state index contributed by atoms with van der Waals surface area (Å²) in [5.74, 6) is 0. The molecule has 0 aliphatic carbocycles. The van der Waals surface area contributed by atoms with Crippen LogP contribution in [-0.2, 0) is 6.54 Å². The summed E-state index contributed by atoms with van der Waals surface area (Å²) in [4.78, 5) is 7.23. The van der Waals surface area contributed by atoms with Gasteiger partial charge in [-0.05, 0) is 32.6 Å². The van der Waals surface area contributed by atoms with E-state index in [2.05, 4.69) is 28.8 Å². The second-order valence-electron chi connectivity index (χ2n) is 5.07. The molecule has 2 saturated heterocycles. The molecule has 2 unspecified atom stereocenters. The first-order valence-corrected chi connectivity index (χ1v) is 6.94. The van der Waals surface area contributed by atoms with Crippen LogP contribution in [0.1, 0.15) is 36.4 Å². The first-order valence-electron chi connectivity index (χ1n) is 6.06. The predicted molar refractivity (Wildman–Crippen MR) is 67.6 cm³/mol. The molecule has 1 aromatic rings. The maximum atomic E-state index is 4.57. The van der Waals surface area contributed by atoms with Gasteiger partial charge in [0.25, 0.3) is 0 Å². The molecule has 2 atom stereocenters. The topological polar surface area (TPSA) is 16.1 Å². The summed E-state index contributed by atoms with van der Waals surface area (Å²) in [6.45, 7) is 7.29. The molecule has 2 nitrogen and oxygen atoms in total. The quantitative estimate of drug-likeness (QED) is 0.731. The molecule has 0 spiro atoms. The molecular weight excluding hydrogens is 216 g/mol. The van der Waals surface area contributed by atoms with Gasteiger partial charge in [0.2, 0.25) is 0 Å². The standard InChI is InChI=1S/C13H18N2S/c1-9-5-12-3-4-13(6-9)15(12)7-11-8-16-10(2)14-11/h8,12-13H,1,3-7H2,2H3. The van der Waals surface area contributed by atoms with E-state index in [1.54, 1.807) is 11.3 Å². The summed E-state index contributed by atoms with van der Waals surface area (Å²) in [5.41, 5.74) is 2.71. The van der Waals surface area contributed by atoms with Crippen LogP contribution in [0.5, 0.6) is 0 Å². The Bertz CT molecular complexity index is 394. The highest BCUT2D eigenvalue weighted by molar-refractivity contribution is 7.09. The van der Waals surface area contributed by atoms with E-state index in [0.717, 1.165) is 18.6 Å². The lowest BCUT2D eigenvalue weighted by Crippen LogP contribution is -2.39. The Labute approximate surface area is 101 Å². The SMILES string of the molecule is C=C1CC2CCC(C1)N2Cc1csc(C)n1. The van der Waals surface area contributed by atoms with Crippen molar-refractivity contribution in [2.75, 3.05) is 0 Å². The minimum absolute atomic E-state index is 0.744. The van der Waals surface area contributed by atoms with Gasteiger partial charge in [-0.25, -0.2) is 4.98 Å². The minimum atomic E-state index is 0.744. The molecule has 2 fully saturated rings. The Morgan fingerprint density at radius 2 is 2.12 bits per heavy atom. The minimum Gasteiger partial charge on any atom is -0.291 e. The molecule has 0 N–H and O–H groups in total. The zero-order valence-corrected chi connectivity index (χ0v) is 10.6. The van der Waals surface area contributed by atoms with Crippen molar-refractivity contribution in [3.8, 4) is 0 Å². The number of rotatable bonds is 2. The predicted octanol–water partition coefficient (Wildman–Crippen LogP) is 3.13. The molecule has 0 aromatic carbocycles. The molecular formula is C13H18N2S. The van der Waals surface area contributed by atoms with Gasteiger partial charge in [0.1, 0.15) is 0 Å². The van der Waals surface area contributed by atoms with Crippen LogP contribution in [0, 0.1) is 6.92 Å². The average molecular weight is 234 g/mol. The number of aryl methyl sites for hydroxylation is 1. The molecule has 0 saturated carbocycles. The molecule has 3 heteroatoms. The second kappa shape index (κ2) is 3.97. The normalized spacial score (nSPS) is 29.9. The lowest BCUT2D eigenvalue weighted by Gasteiger charge is -2.35. The molecule has 3 rings (SSSR count). The van der Waals surface area contributed by atoms with Gasteiger partial charge < -0.3 is 0 Å². The van der Waals surface area contributed by atoms with E-state index in [9.17, 15) is 0 Å². The van der Waals surface area contributed by atoms with E-state index < -0.39 is 0 Å². The Kier molecular flexibility index (Phi) is 2.60. The van der Waals surface area contributed by atoms with Crippen LogP contribution < -0.4 is 0 Å². The van der Waals surface area contributed by atoms with Gasteiger partial charge in [-0.3, -0.25) is 4.90 Å². The molecule has 2 bridgehead atoms. The first-order chi connectivity index (χ1) is 7.72. The maximum Gasteiger partial charge on any atom is 0.0897 e. The Morgan fingerprint density at radius 3 is 2.69 bits per heavy atom.